The van der Waals surface area contributed by atoms with E-state index in [9.17, 15) is 4.79 Å². The normalized spacial score (nSPS) is 15.7. The number of benzene rings is 1. The number of nitrogens with two attached hydrogens (primary N) is 1. The van der Waals surface area contributed by atoms with Crippen molar-refractivity contribution in [1.82, 2.24) is 10.3 Å². The maximum Gasteiger partial charge on any atom is 0.252 e. The zero-order valence-corrected chi connectivity index (χ0v) is 10.6. The highest BCUT2D eigenvalue weighted by molar-refractivity contribution is 6.06. The number of carbonyl (C=O) groups excluding carboxylic acids is 1. The third kappa shape index (κ3) is 2.13. The molecule has 2 aromatic rings. The number of anilines is 1. The molecule has 0 bridgehead atoms. The van der Waals surface area contributed by atoms with Crippen LogP contribution in [0.25, 0.3) is 10.9 Å². The maximum absolute atomic E-state index is 11.6. The minimum atomic E-state index is -0.424. The second-order valence-corrected chi connectivity index (χ2v) is 4.64. The van der Waals surface area contributed by atoms with Crippen LogP contribution in [0.15, 0.2) is 30.5 Å². The fourth-order valence-corrected chi connectivity index (χ4v) is 2.54. The first kappa shape index (κ1) is 11.9. The second kappa shape index (κ2) is 4.85. The molecule has 98 valence electrons. The van der Waals surface area contributed by atoms with Gasteiger partial charge in [0, 0.05) is 37.8 Å². The predicted molar refractivity (Wildman–Crippen MR) is 75.3 cm³/mol. The van der Waals surface area contributed by atoms with E-state index in [1.54, 1.807) is 6.20 Å². The number of nitrogens with one attached hydrogen (secondary N) is 1. The highest BCUT2D eigenvalue weighted by atomic mass is 16.1. The van der Waals surface area contributed by atoms with Gasteiger partial charge < -0.3 is 16.0 Å². The first-order valence-corrected chi connectivity index (χ1v) is 6.40. The van der Waals surface area contributed by atoms with Crippen LogP contribution in [0.2, 0.25) is 0 Å². The van der Waals surface area contributed by atoms with Gasteiger partial charge in [-0.05, 0) is 6.07 Å². The molecule has 1 aliphatic rings. The number of carbonyl (C=O) groups is 1. The molecule has 3 rings (SSSR count). The first-order valence-electron chi connectivity index (χ1n) is 6.40. The molecule has 0 spiro atoms. The minimum Gasteiger partial charge on any atom is -0.368 e. The summed E-state index contributed by atoms with van der Waals surface area (Å²) in [4.78, 5) is 18.2. The van der Waals surface area contributed by atoms with Crippen molar-refractivity contribution in [2.24, 2.45) is 5.73 Å². The Kier molecular flexibility index (Phi) is 3.05. The molecule has 0 saturated carbocycles. The van der Waals surface area contributed by atoms with E-state index < -0.39 is 5.91 Å². The van der Waals surface area contributed by atoms with Crippen LogP contribution in [0.1, 0.15) is 10.4 Å². The average molecular weight is 256 g/mol. The summed E-state index contributed by atoms with van der Waals surface area (Å²) in [7, 11) is 0. The number of nitrogens with zero attached hydrogens (tertiary/aromatic N) is 2. The van der Waals surface area contributed by atoms with Gasteiger partial charge in [0.2, 0.25) is 0 Å². The van der Waals surface area contributed by atoms with E-state index in [2.05, 4.69) is 15.2 Å². The van der Waals surface area contributed by atoms with Crippen molar-refractivity contribution in [3.8, 4) is 0 Å². The van der Waals surface area contributed by atoms with Crippen LogP contribution in [0, 0.1) is 0 Å². The van der Waals surface area contributed by atoms with E-state index in [0.717, 1.165) is 42.8 Å². The van der Waals surface area contributed by atoms with Crippen LogP contribution < -0.4 is 16.0 Å². The molecular formula is C14H16N4O. The molecule has 19 heavy (non-hydrogen) atoms. The molecule has 0 atom stereocenters. The summed E-state index contributed by atoms with van der Waals surface area (Å²) in [5, 5.41) is 4.29. The second-order valence-electron chi connectivity index (χ2n) is 4.64. The SMILES string of the molecule is NC(=O)c1cnc2ccccc2c1N1CCNCC1. The molecule has 3 N–H and O–H groups in total. The molecule has 1 aliphatic heterocycles. The van der Waals surface area contributed by atoms with E-state index in [1.807, 2.05) is 24.3 Å². The van der Waals surface area contributed by atoms with Crippen LogP contribution in [0.5, 0.6) is 0 Å². The molecule has 1 aromatic carbocycles. The Morgan fingerprint density at radius 3 is 2.74 bits per heavy atom. The van der Waals surface area contributed by atoms with Gasteiger partial charge in [0.25, 0.3) is 5.91 Å². The summed E-state index contributed by atoms with van der Waals surface area (Å²) in [6, 6.07) is 7.85. The number of rotatable bonds is 2. The number of hydrogen-bond acceptors (Lipinski definition) is 4. The Morgan fingerprint density at radius 1 is 1.26 bits per heavy atom. The summed E-state index contributed by atoms with van der Waals surface area (Å²) in [6.07, 6.45) is 1.59. The van der Waals surface area contributed by atoms with Crippen molar-refractivity contribution >= 4 is 22.5 Å². The molecule has 5 nitrogen and oxygen atoms in total. The number of primary amides is 1. The lowest BCUT2D eigenvalue weighted by Gasteiger charge is -2.31. The summed E-state index contributed by atoms with van der Waals surface area (Å²) < 4.78 is 0. The predicted octanol–water partition coefficient (Wildman–Crippen LogP) is 0.743. The molecule has 5 heteroatoms. The molecule has 0 radical (unpaired) electrons. The Bertz CT molecular complexity index is 620. The van der Waals surface area contributed by atoms with Crippen molar-refractivity contribution < 1.29 is 4.79 Å². The Morgan fingerprint density at radius 2 is 2.00 bits per heavy atom. The number of para-hydroxylation sites is 1. The lowest BCUT2D eigenvalue weighted by Crippen LogP contribution is -2.44. The summed E-state index contributed by atoms with van der Waals surface area (Å²) in [5.41, 5.74) is 7.80. The lowest BCUT2D eigenvalue weighted by molar-refractivity contribution is 0.100. The summed E-state index contributed by atoms with van der Waals surface area (Å²) >= 11 is 0. The van der Waals surface area contributed by atoms with Gasteiger partial charge in [0.15, 0.2) is 0 Å². The van der Waals surface area contributed by atoms with E-state index in [1.165, 1.54) is 0 Å². The zero-order valence-electron chi connectivity index (χ0n) is 10.6. The van der Waals surface area contributed by atoms with Gasteiger partial charge in [0.05, 0.1) is 16.8 Å². The van der Waals surface area contributed by atoms with E-state index in [-0.39, 0.29) is 0 Å². The quantitative estimate of drug-likeness (QED) is 0.831. The molecule has 1 fully saturated rings. The van der Waals surface area contributed by atoms with Crippen LogP contribution in [-0.2, 0) is 0 Å². The standard InChI is InChI=1S/C14H16N4O/c15-14(19)11-9-17-12-4-2-1-3-10(12)13(11)18-7-5-16-6-8-18/h1-4,9,16H,5-8H2,(H2,15,19). The van der Waals surface area contributed by atoms with Gasteiger partial charge in [-0.3, -0.25) is 9.78 Å². The number of fused-ring (bicyclic) bond motifs is 1. The number of amides is 1. The highest BCUT2D eigenvalue weighted by Crippen LogP contribution is 2.29. The van der Waals surface area contributed by atoms with E-state index in [0.29, 0.717) is 5.56 Å². The van der Waals surface area contributed by atoms with E-state index >= 15 is 0 Å². The molecule has 0 unspecified atom stereocenters. The van der Waals surface area contributed by atoms with Gasteiger partial charge >= 0.3 is 0 Å². The third-order valence-corrected chi connectivity index (χ3v) is 3.45. The van der Waals surface area contributed by atoms with Crippen LogP contribution in [-0.4, -0.2) is 37.1 Å². The largest absolute Gasteiger partial charge is 0.368 e. The monoisotopic (exact) mass is 256 g/mol. The molecule has 1 amide bonds. The van der Waals surface area contributed by atoms with Gasteiger partial charge in [-0.15, -0.1) is 0 Å². The van der Waals surface area contributed by atoms with Gasteiger partial charge in [-0.25, -0.2) is 0 Å². The van der Waals surface area contributed by atoms with Crippen molar-refractivity contribution in [1.29, 1.82) is 0 Å². The fourth-order valence-electron chi connectivity index (χ4n) is 2.54. The number of piperazine rings is 1. The van der Waals surface area contributed by atoms with Crippen molar-refractivity contribution in [2.75, 3.05) is 31.1 Å². The summed E-state index contributed by atoms with van der Waals surface area (Å²) in [6.45, 7) is 3.56. The smallest absolute Gasteiger partial charge is 0.252 e. The topological polar surface area (TPSA) is 71.2 Å². The maximum atomic E-state index is 11.6. The van der Waals surface area contributed by atoms with Crippen molar-refractivity contribution in [3.05, 3.63) is 36.0 Å². The molecule has 0 aliphatic carbocycles. The Balaban J connectivity index is 2.21. The third-order valence-electron chi connectivity index (χ3n) is 3.45. The Hall–Kier alpha value is -2.14. The highest BCUT2D eigenvalue weighted by Gasteiger charge is 2.20. The average Bonchev–Trinajstić information content (AvgIpc) is 2.46. The van der Waals surface area contributed by atoms with Crippen LogP contribution >= 0.6 is 0 Å². The van der Waals surface area contributed by atoms with Crippen molar-refractivity contribution in [3.63, 3.8) is 0 Å². The number of pyridine rings is 1. The van der Waals surface area contributed by atoms with Crippen molar-refractivity contribution in [2.45, 2.75) is 0 Å². The molecular weight excluding hydrogens is 240 g/mol. The van der Waals surface area contributed by atoms with Crippen LogP contribution in [0.3, 0.4) is 0 Å². The molecule has 2 heterocycles. The van der Waals surface area contributed by atoms with Gasteiger partial charge in [-0.2, -0.15) is 0 Å². The Labute approximate surface area is 111 Å². The van der Waals surface area contributed by atoms with Gasteiger partial charge in [0.1, 0.15) is 0 Å². The van der Waals surface area contributed by atoms with Gasteiger partial charge in [-0.1, -0.05) is 18.2 Å². The van der Waals surface area contributed by atoms with E-state index in [4.69, 9.17) is 5.73 Å². The molecule has 1 saturated heterocycles. The zero-order chi connectivity index (χ0) is 13.2. The summed E-state index contributed by atoms with van der Waals surface area (Å²) in [5.74, 6) is -0.424. The molecule has 1 aromatic heterocycles. The fraction of sp³-hybridized carbons (Fsp3) is 0.286. The lowest BCUT2D eigenvalue weighted by atomic mass is 10.1. The number of aromatic nitrogens is 1. The number of hydrogen-bond donors (Lipinski definition) is 2. The minimum absolute atomic E-state index is 0.424. The first-order chi connectivity index (χ1) is 9.27. The van der Waals surface area contributed by atoms with Crippen LogP contribution in [0.4, 0.5) is 5.69 Å².